The summed E-state index contributed by atoms with van der Waals surface area (Å²) in [5.74, 6) is 0. The molecule has 0 radical (unpaired) electrons. The van der Waals surface area contributed by atoms with E-state index in [2.05, 4.69) is 26.1 Å². The van der Waals surface area contributed by atoms with Crippen molar-refractivity contribution in [2.45, 2.75) is 58.6 Å². The molecule has 1 aromatic rings. The lowest BCUT2D eigenvalue weighted by Gasteiger charge is -2.35. The minimum Gasteiger partial charge on any atom is -0.381 e. The van der Waals surface area contributed by atoms with E-state index in [0.717, 1.165) is 63.6 Å². The number of thiazole rings is 1. The van der Waals surface area contributed by atoms with Gasteiger partial charge in [-0.3, -0.25) is 0 Å². The van der Waals surface area contributed by atoms with Gasteiger partial charge < -0.3 is 14.8 Å². The molecular formula is C16H28N2O2S. The van der Waals surface area contributed by atoms with Gasteiger partial charge in [0.05, 0.1) is 5.69 Å². The summed E-state index contributed by atoms with van der Waals surface area (Å²) in [4.78, 5) is 6.29. The SMILES string of the molecule is CCCNCc1sc(C2(OCC)CCOCC2)nc1CC. The molecule has 1 aromatic heterocycles. The van der Waals surface area contributed by atoms with Crippen LogP contribution in [0.15, 0.2) is 0 Å². The summed E-state index contributed by atoms with van der Waals surface area (Å²) in [6.07, 6.45) is 3.98. The average Bonchev–Trinajstić information content (AvgIpc) is 2.93. The van der Waals surface area contributed by atoms with E-state index in [1.807, 2.05) is 11.3 Å². The van der Waals surface area contributed by atoms with Gasteiger partial charge in [-0.15, -0.1) is 11.3 Å². The fourth-order valence-corrected chi connectivity index (χ4v) is 4.09. The van der Waals surface area contributed by atoms with Crippen molar-refractivity contribution in [2.24, 2.45) is 0 Å². The number of ether oxygens (including phenoxy) is 2. The van der Waals surface area contributed by atoms with E-state index in [4.69, 9.17) is 14.5 Å². The highest BCUT2D eigenvalue weighted by Crippen LogP contribution is 2.39. The molecule has 0 saturated carbocycles. The smallest absolute Gasteiger partial charge is 0.125 e. The largest absolute Gasteiger partial charge is 0.381 e. The monoisotopic (exact) mass is 312 g/mol. The predicted molar refractivity (Wildman–Crippen MR) is 86.8 cm³/mol. The van der Waals surface area contributed by atoms with Crippen molar-refractivity contribution in [3.05, 3.63) is 15.6 Å². The highest BCUT2D eigenvalue weighted by atomic mass is 32.1. The molecule has 0 amide bonds. The van der Waals surface area contributed by atoms with E-state index in [1.165, 1.54) is 10.6 Å². The minimum absolute atomic E-state index is 0.218. The molecule has 5 heteroatoms. The summed E-state index contributed by atoms with van der Waals surface area (Å²) < 4.78 is 11.7. The lowest BCUT2D eigenvalue weighted by Crippen LogP contribution is -2.36. The Morgan fingerprint density at radius 2 is 2.05 bits per heavy atom. The summed E-state index contributed by atoms with van der Waals surface area (Å²) >= 11 is 1.83. The Hall–Kier alpha value is -0.490. The number of nitrogens with zero attached hydrogens (tertiary/aromatic N) is 1. The Bertz CT molecular complexity index is 422. The molecule has 0 aromatic carbocycles. The summed E-state index contributed by atoms with van der Waals surface area (Å²) in [6.45, 7) is 10.7. The molecule has 1 fully saturated rings. The zero-order valence-corrected chi connectivity index (χ0v) is 14.4. The third kappa shape index (κ3) is 4.03. The van der Waals surface area contributed by atoms with Crippen LogP contribution in [0.25, 0.3) is 0 Å². The van der Waals surface area contributed by atoms with Gasteiger partial charge in [0.15, 0.2) is 0 Å². The average molecular weight is 312 g/mol. The molecule has 1 aliphatic heterocycles. The van der Waals surface area contributed by atoms with Crippen LogP contribution in [-0.2, 0) is 28.0 Å². The van der Waals surface area contributed by atoms with Crippen LogP contribution in [0.5, 0.6) is 0 Å². The van der Waals surface area contributed by atoms with Crippen molar-refractivity contribution in [2.75, 3.05) is 26.4 Å². The van der Waals surface area contributed by atoms with Crippen LogP contribution in [0.4, 0.5) is 0 Å². The first-order valence-electron chi connectivity index (χ1n) is 8.17. The van der Waals surface area contributed by atoms with Gasteiger partial charge in [-0.1, -0.05) is 13.8 Å². The summed E-state index contributed by atoms with van der Waals surface area (Å²) in [5.41, 5.74) is 1.01. The van der Waals surface area contributed by atoms with Crippen LogP contribution in [0, 0.1) is 0 Å². The lowest BCUT2D eigenvalue weighted by atomic mass is 9.95. The highest BCUT2D eigenvalue weighted by molar-refractivity contribution is 7.11. The molecule has 1 saturated heterocycles. The second-order valence-corrected chi connectivity index (χ2v) is 6.54. The molecule has 2 rings (SSSR count). The molecule has 0 bridgehead atoms. The fraction of sp³-hybridized carbons (Fsp3) is 0.812. The molecule has 0 spiro atoms. The molecular weight excluding hydrogens is 284 g/mol. The van der Waals surface area contributed by atoms with Gasteiger partial charge in [0.1, 0.15) is 10.6 Å². The van der Waals surface area contributed by atoms with Gasteiger partial charge in [0, 0.05) is 44.1 Å². The van der Waals surface area contributed by atoms with Crippen LogP contribution in [0.3, 0.4) is 0 Å². The van der Waals surface area contributed by atoms with Crippen LogP contribution in [-0.4, -0.2) is 31.3 Å². The topological polar surface area (TPSA) is 43.4 Å². The number of nitrogens with one attached hydrogen (secondary N) is 1. The van der Waals surface area contributed by atoms with Gasteiger partial charge in [-0.25, -0.2) is 4.98 Å². The Balaban J connectivity index is 2.20. The second-order valence-electron chi connectivity index (χ2n) is 5.46. The van der Waals surface area contributed by atoms with E-state index in [1.54, 1.807) is 0 Å². The van der Waals surface area contributed by atoms with E-state index in [-0.39, 0.29) is 5.60 Å². The quantitative estimate of drug-likeness (QED) is 0.748. The maximum atomic E-state index is 6.14. The molecule has 0 atom stereocenters. The summed E-state index contributed by atoms with van der Waals surface area (Å²) in [5, 5.41) is 4.64. The summed E-state index contributed by atoms with van der Waals surface area (Å²) in [7, 11) is 0. The summed E-state index contributed by atoms with van der Waals surface area (Å²) in [6, 6.07) is 0. The first kappa shape index (κ1) is 16.9. The van der Waals surface area contributed by atoms with Crippen LogP contribution in [0.1, 0.15) is 55.6 Å². The molecule has 2 heterocycles. The van der Waals surface area contributed by atoms with Crippen molar-refractivity contribution >= 4 is 11.3 Å². The standard InChI is InChI=1S/C16H28N2O2S/c1-4-9-17-12-14-13(5-2)18-15(21-14)16(20-6-3)7-10-19-11-8-16/h17H,4-12H2,1-3H3. The Morgan fingerprint density at radius 1 is 1.29 bits per heavy atom. The maximum Gasteiger partial charge on any atom is 0.125 e. The maximum absolute atomic E-state index is 6.14. The van der Waals surface area contributed by atoms with Gasteiger partial charge in [0.25, 0.3) is 0 Å². The van der Waals surface area contributed by atoms with E-state index in [0.29, 0.717) is 0 Å². The number of rotatable bonds is 8. The Labute approximate surface area is 132 Å². The minimum atomic E-state index is -0.218. The van der Waals surface area contributed by atoms with Gasteiger partial charge in [-0.05, 0) is 26.3 Å². The zero-order chi connectivity index (χ0) is 15.1. The molecule has 4 nitrogen and oxygen atoms in total. The molecule has 0 aliphatic carbocycles. The molecule has 0 unspecified atom stereocenters. The molecule has 120 valence electrons. The normalized spacial score (nSPS) is 18.0. The third-order valence-electron chi connectivity index (χ3n) is 3.94. The van der Waals surface area contributed by atoms with Crippen molar-refractivity contribution in [3.8, 4) is 0 Å². The lowest BCUT2D eigenvalue weighted by molar-refractivity contribution is -0.112. The van der Waals surface area contributed by atoms with Crippen LogP contribution >= 0.6 is 11.3 Å². The number of aryl methyl sites for hydroxylation is 1. The van der Waals surface area contributed by atoms with Gasteiger partial charge >= 0.3 is 0 Å². The Morgan fingerprint density at radius 3 is 2.67 bits per heavy atom. The number of hydrogen-bond donors (Lipinski definition) is 1. The van der Waals surface area contributed by atoms with Crippen molar-refractivity contribution in [3.63, 3.8) is 0 Å². The third-order valence-corrected chi connectivity index (χ3v) is 5.22. The number of aromatic nitrogens is 1. The van der Waals surface area contributed by atoms with Crippen molar-refractivity contribution < 1.29 is 9.47 Å². The van der Waals surface area contributed by atoms with E-state index >= 15 is 0 Å². The predicted octanol–water partition coefficient (Wildman–Crippen LogP) is 3.25. The number of hydrogen-bond acceptors (Lipinski definition) is 5. The van der Waals surface area contributed by atoms with Crippen molar-refractivity contribution in [1.82, 2.24) is 10.3 Å². The van der Waals surface area contributed by atoms with Gasteiger partial charge in [-0.2, -0.15) is 0 Å². The highest BCUT2D eigenvalue weighted by Gasteiger charge is 2.38. The van der Waals surface area contributed by atoms with E-state index < -0.39 is 0 Å². The molecule has 1 aliphatic rings. The zero-order valence-electron chi connectivity index (χ0n) is 13.5. The molecule has 21 heavy (non-hydrogen) atoms. The fourth-order valence-electron chi connectivity index (χ4n) is 2.77. The van der Waals surface area contributed by atoms with Crippen LogP contribution in [0.2, 0.25) is 0 Å². The second kappa shape index (κ2) is 8.22. The molecule has 1 N–H and O–H groups in total. The van der Waals surface area contributed by atoms with E-state index in [9.17, 15) is 0 Å². The van der Waals surface area contributed by atoms with Gasteiger partial charge in [0.2, 0.25) is 0 Å². The van der Waals surface area contributed by atoms with Crippen LogP contribution < -0.4 is 5.32 Å². The van der Waals surface area contributed by atoms with Crippen molar-refractivity contribution in [1.29, 1.82) is 0 Å². The first-order chi connectivity index (χ1) is 10.3. The Kier molecular flexibility index (Phi) is 6.61. The first-order valence-corrected chi connectivity index (χ1v) is 8.98.